The first-order valence-electron chi connectivity index (χ1n) is 1.88. The minimum atomic E-state index is -0.185. The summed E-state index contributed by atoms with van der Waals surface area (Å²) < 4.78 is 1.06. The van der Waals surface area contributed by atoms with E-state index >= 15 is 0 Å². The van der Waals surface area contributed by atoms with Crippen molar-refractivity contribution >= 4 is 5.96 Å². The van der Waals surface area contributed by atoms with Crippen LogP contribution in [-0.2, 0) is 0 Å². The highest BCUT2D eigenvalue weighted by Crippen LogP contribution is 1.66. The second-order valence-corrected chi connectivity index (χ2v) is 1.14. The number of hydrogen-bond donors (Lipinski definition) is 2. The molecule has 0 aliphatic carbocycles. The topological polar surface area (TPSA) is 93.5 Å². The molecule has 1 aromatic rings. The molecule has 0 aromatic carbocycles. The molecule has 1 rings (SSSR count). The summed E-state index contributed by atoms with van der Waals surface area (Å²) in [4.78, 5) is 0. The third-order valence-electron chi connectivity index (χ3n) is 0.596. The summed E-state index contributed by atoms with van der Waals surface area (Å²) in [6, 6.07) is 0. The van der Waals surface area contributed by atoms with Crippen LogP contribution in [0.2, 0.25) is 0 Å². The fourth-order valence-electron chi connectivity index (χ4n) is 0.272. The number of aromatic nitrogens is 4. The smallest absolute Gasteiger partial charge is 0.216 e. The van der Waals surface area contributed by atoms with Crippen molar-refractivity contribution in [2.24, 2.45) is 5.73 Å². The van der Waals surface area contributed by atoms with E-state index in [1.54, 1.807) is 0 Å². The zero-order chi connectivity index (χ0) is 5.98. The summed E-state index contributed by atoms with van der Waals surface area (Å²) >= 11 is 0. The van der Waals surface area contributed by atoms with Crippen molar-refractivity contribution in [1.29, 1.82) is 5.41 Å². The van der Waals surface area contributed by atoms with Gasteiger partial charge in [0, 0.05) is 0 Å². The molecule has 0 aliphatic heterocycles. The van der Waals surface area contributed by atoms with Gasteiger partial charge in [-0.1, -0.05) is 0 Å². The molecule has 0 aliphatic rings. The molecule has 0 radical (unpaired) electrons. The molecule has 0 atom stereocenters. The van der Waals surface area contributed by atoms with Gasteiger partial charge in [-0.3, -0.25) is 5.41 Å². The van der Waals surface area contributed by atoms with Gasteiger partial charge >= 0.3 is 0 Å². The van der Waals surface area contributed by atoms with Crippen molar-refractivity contribution in [1.82, 2.24) is 20.2 Å². The minimum Gasteiger partial charge on any atom is -0.368 e. The highest BCUT2D eigenvalue weighted by molar-refractivity contribution is 5.75. The quantitative estimate of drug-likeness (QED) is 0.312. The molecule has 0 amide bonds. The average molecular weight is 112 g/mol. The van der Waals surface area contributed by atoms with Gasteiger partial charge in [-0.2, -0.15) is 4.68 Å². The van der Waals surface area contributed by atoms with Gasteiger partial charge in [0.2, 0.25) is 5.96 Å². The Labute approximate surface area is 44.8 Å². The number of nitrogen functional groups attached to an aromatic ring is 1. The largest absolute Gasteiger partial charge is 0.368 e. The van der Waals surface area contributed by atoms with Crippen LogP contribution in [0.25, 0.3) is 0 Å². The number of rotatable bonds is 0. The number of nitrogens with two attached hydrogens (primary N) is 1. The third-order valence-corrected chi connectivity index (χ3v) is 0.596. The van der Waals surface area contributed by atoms with Gasteiger partial charge in [0.05, 0.1) is 0 Å². The van der Waals surface area contributed by atoms with Crippen LogP contribution in [0.3, 0.4) is 0 Å². The predicted molar refractivity (Wildman–Crippen MR) is 25.1 cm³/mol. The molecule has 1 heterocycles. The molecule has 6 nitrogen and oxygen atoms in total. The zero-order valence-corrected chi connectivity index (χ0v) is 3.94. The molecule has 8 heavy (non-hydrogen) atoms. The van der Waals surface area contributed by atoms with E-state index in [-0.39, 0.29) is 5.96 Å². The van der Waals surface area contributed by atoms with Crippen LogP contribution in [0, 0.1) is 5.41 Å². The third kappa shape index (κ3) is 0.625. The summed E-state index contributed by atoms with van der Waals surface area (Å²) in [5, 5.41) is 16.6. The van der Waals surface area contributed by atoms with Crippen LogP contribution in [0.15, 0.2) is 6.33 Å². The van der Waals surface area contributed by atoms with Crippen molar-refractivity contribution in [3.05, 3.63) is 6.33 Å². The van der Waals surface area contributed by atoms with E-state index in [1.165, 1.54) is 6.33 Å². The Balaban J connectivity index is 2.93. The van der Waals surface area contributed by atoms with Gasteiger partial charge in [-0.25, -0.2) is 0 Å². The molecule has 0 saturated carbocycles. The van der Waals surface area contributed by atoms with E-state index in [0.29, 0.717) is 0 Å². The Morgan fingerprint density at radius 2 is 2.50 bits per heavy atom. The van der Waals surface area contributed by atoms with Crippen LogP contribution in [0.4, 0.5) is 0 Å². The van der Waals surface area contributed by atoms with Crippen molar-refractivity contribution in [3.8, 4) is 0 Å². The molecular formula is C2H4N6. The Bertz CT molecular complexity index is 174. The first kappa shape index (κ1) is 4.69. The van der Waals surface area contributed by atoms with E-state index in [2.05, 4.69) is 15.5 Å². The Hall–Kier alpha value is -1.46. The van der Waals surface area contributed by atoms with Crippen LogP contribution in [0.5, 0.6) is 0 Å². The fraction of sp³-hybridized carbons (Fsp3) is 0. The SMILES string of the molecule is N=C(N)n1cnnn1. The van der Waals surface area contributed by atoms with E-state index in [0.717, 1.165) is 4.68 Å². The summed E-state index contributed by atoms with van der Waals surface area (Å²) in [5.74, 6) is -0.185. The standard InChI is InChI=1S/C2H4N6/c3-2(4)8-1-5-6-7-8/h1H,(H3,3,4). The van der Waals surface area contributed by atoms with Gasteiger partial charge in [0.15, 0.2) is 0 Å². The fourth-order valence-corrected chi connectivity index (χ4v) is 0.272. The van der Waals surface area contributed by atoms with Crippen molar-refractivity contribution in [2.45, 2.75) is 0 Å². The maximum Gasteiger partial charge on any atom is 0.216 e. The number of hydrogen-bond acceptors (Lipinski definition) is 4. The first-order chi connectivity index (χ1) is 3.80. The Morgan fingerprint density at radius 3 is 2.75 bits per heavy atom. The second-order valence-electron chi connectivity index (χ2n) is 1.14. The van der Waals surface area contributed by atoms with Crippen LogP contribution < -0.4 is 5.73 Å². The van der Waals surface area contributed by atoms with Gasteiger partial charge in [0.25, 0.3) is 0 Å². The van der Waals surface area contributed by atoms with Crippen molar-refractivity contribution < 1.29 is 0 Å². The second kappa shape index (κ2) is 1.57. The lowest BCUT2D eigenvalue weighted by atomic mass is 11.0. The first-order valence-corrected chi connectivity index (χ1v) is 1.88. The highest BCUT2D eigenvalue weighted by atomic mass is 15.5. The maximum absolute atomic E-state index is 6.75. The van der Waals surface area contributed by atoms with E-state index in [9.17, 15) is 0 Å². The number of tetrazole rings is 1. The molecule has 0 bridgehead atoms. The molecule has 0 saturated heterocycles. The summed E-state index contributed by atoms with van der Waals surface area (Å²) in [7, 11) is 0. The molecule has 0 fully saturated rings. The monoisotopic (exact) mass is 112 g/mol. The minimum absolute atomic E-state index is 0.185. The normalized spacial score (nSPS) is 9.00. The lowest BCUT2D eigenvalue weighted by Gasteiger charge is -1.87. The zero-order valence-electron chi connectivity index (χ0n) is 3.94. The molecule has 6 heteroatoms. The van der Waals surface area contributed by atoms with E-state index in [4.69, 9.17) is 11.1 Å². The molecule has 0 spiro atoms. The molecular weight excluding hydrogens is 108 g/mol. The predicted octanol–water partition coefficient (Wildman–Crippen LogP) is -1.59. The maximum atomic E-state index is 6.75. The van der Waals surface area contributed by atoms with Crippen molar-refractivity contribution in [2.75, 3.05) is 0 Å². The number of nitrogens with one attached hydrogen (secondary N) is 1. The van der Waals surface area contributed by atoms with Gasteiger partial charge in [0.1, 0.15) is 6.33 Å². The summed E-state index contributed by atoms with van der Waals surface area (Å²) in [6.07, 6.45) is 1.25. The summed E-state index contributed by atoms with van der Waals surface area (Å²) in [6.45, 7) is 0. The molecule has 0 unspecified atom stereocenters. The average Bonchev–Trinajstić information content (AvgIpc) is 2.12. The Kier molecular flexibility index (Phi) is 0.918. The van der Waals surface area contributed by atoms with Crippen LogP contribution in [0.1, 0.15) is 0 Å². The highest BCUT2D eigenvalue weighted by Gasteiger charge is 1.90. The van der Waals surface area contributed by atoms with Crippen LogP contribution >= 0.6 is 0 Å². The van der Waals surface area contributed by atoms with Gasteiger partial charge in [-0.05, 0) is 10.4 Å². The Morgan fingerprint density at radius 1 is 1.75 bits per heavy atom. The van der Waals surface area contributed by atoms with Crippen molar-refractivity contribution in [3.63, 3.8) is 0 Å². The molecule has 1 aromatic heterocycles. The lowest BCUT2D eigenvalue weighted by molar-refractivity contribution is 0.809. The summed E-state index contributed by atoms with van der Waals surface area (Å²) in [5.41, 5.74) is 4.96. The van der Waals surface area contributed by atoms with E-state index in [1.807, 2.05) is 0 Å². The van der Waals surface area contributed by atoms with Gasteiger partial charge in [-0.15, -0.1) is 5.10 Å². The van der Waals surface area contributed by atoms with E-state index < -0.39 is 0 Å². The molecule has 42 valence electrons. The van der Waals surface area contributed by atoms with Crippen LogP contribution in [-0.4, -0.2) is 26.2 Å². The number of nitrogens with zero attached hydrogens (tertiary/aromatic N) is 4. The van der Waals surface area contributed by atoms with Gasteiger partial charge < -0.3 is 5.73 Å². The lowest BCUT2D eigenvalue weighted by Crippen LogP contribution is -2.20. The molecule has 3 N–H and O–H groups in total.